The monoisotopic (exact) mass is 291 g/mol. The average Bonchev–Trinajstić information content (AvgIpc) is 3.07. The van der Waals surface area contributed by atoms with Crippen molar-refractivity contribution in [2.24, 2.45) is 5.92 Å². The zero-order valence-corrected chi connectivity index (χ0v) is 12.2. The molecule has 7 heteroatoms. The fourth-order valence-corrected chi connectivity index (χ4v) is 5.07. The second kappa shape index (κ2) is 5.76. The fourth-order valence-electron chi connectivity index (χ4n) is 2.93. The maximum atomic E-state index is 12.6. The fraction of sp³-hybridized carbons (Fsp3) is 0.917. The van der Waals surface area contributed by atoms with E-state index in [1.165, 1.54) is 11.4 Å². The summed E-state index contributed by atoms with van der Waals surface area (Å²) < 4.78 is 36.6. The third kappa shape index (κ3) is 2.78. The van der Waals surface area contributed by atoms with Gasteiger partial charge in [0.15, 0.2) is 0 Å². The van der Waals surface area contributed by atoms with Crippen LogP contribution in [0, 0.1) is 5.92 Å². The molecular formula is C12H21NO5S. The summed E-state index contributed by atoms with van der Waals surface area (Å²) >= 11 is 0. The molecule has 0 amide bonds. The highest BCUT2D eigenvalue weighted by Gasteiger charge is 2.45. The molecule has 2 aliphatic rings. The average molecular weight is 291 g/mol. The van der Waals surface area contributed by atoms with E-state index in [1.54, 1.807) is 7.05 Å². The van der Waals surface area contributed by atoms with Crippen LogP contribution in [0.4, 0.5) is 0 Å². The molecule has 110 valence electrons. The highest BCUT2D eigenvalue weighted by molar-refractivity contribution is 7.89. The lowest BCUT2D eigenvalue weighted by atomic mass is 10.1. The number of hydrogen-bond acceptors (Lipinski definition) is 5. The molecule has 0 N–H and O–H groups in total. The lowest BCUT2D eigenvalue weighted by Crippen LogP contribution is -2.45. The minimum Gasteiger partial charge on any atom is -0.469 e. The highest BCUT2D eigenvalue weighted by atomic mass is 32.2. The Kier molecular flexibility index (Phi) is 4.47. The van der Waals surface area contributed by atoms with Gasteiger partial charge in [0.05, 0.1) is 30.9 Å². The minimum absolute atomic E-state index is 0.108. The zero-order valence-electron chi connectivity index (χ0n) is 11.4. The van der Waals surface area contributed by atoms with Gasteiger partial charge in [-0.15, -0.1) is 0 Å². The van der Waals surface area contributed by atoms with E-state index in [0.29, 0.717) is 32.5 Å². The van der Waals surface area contributed by atoms with Crippen molar-refractivity contribution in [3.05, 3.63) is 0 Å². The Hall–Kier alpha value is -0.660. The number of sulfonamides is 1. The smallest absolute Gasteiger partial charge is 0.310 e. The predicted molar refractivity (Wildman–Crippen MR) is 69.1 cm³/mol. The van der Waals surface area contributed by atoms with E-state index in [2.05, 4.69) is 0 Å². The maximum absolute atomic E-state index is 12.6. The van der Waals surface area contributed by atoms with Gasteiger partial charge in [0, 0.05) is 13.7 Å². The van der Waals surface area contributed by atoms with Crippen molar-refractivity contribution >= 4 is 16.0 Å². The number of carbonyl (C=O) groups is 1. The van der Waals surface area contributed by atoms with Crippen molar-refractivity contribution in [2.75, 3.05) is 27.4 Å². The summed E-state index contributed by atoms with van der Waals surface area (Å²) in [4.78, 5) is 11.7. The van der Waals surface area contributed by atoms with Crippen LogP contribution in [0.1, 0.15) is 25.7 Å². The van der Waals surface area contributed by atoms with Crippen LogP contribution in [0.15, 0.2) is 0 Å². The van der Waals surface area contributed by atoms with Crippen molar-refractivity contribution in [3.63, 3.8) is 0 Å². The van der Waals surface area contributed by atoms with Gasteiger partial charge in [-0.3, -0.25) is 4.79 Å². The van der Waals surface area contributed by atoms with Crippen molar-refractivity contribution in [2.45, 2.75) is 37.0 Å². The molecule has 2 rings (SSSR count). The summed E-state index contributed by atoms with van der Waals surface area (Å²) in [7, 11) is -0.585. The van der Waals surface area contributed by atoms with Crippen molar-refractivity contribution < 1.29 is 22.7 Å². The van der Waals surface area contributed by atoms with E-state index in [-0.39, 0.29) is 6.04 Å². The van der Waals surface area contributed by atoms with Crippen LogP contribution in [-0.4, -0.2) is 57.4 Å². The molecule has 0 radical (unpaired) electrons. The summed E-state index contributed by atoms with van der Waals surface area (Å²) in [6, 6.07) is -0.108. The Morgan fingerprint density at radius 3 is 2.63 bits per heavy atom. The standard InChI is InChI=1S/C12H21NO5S/c1-13(9-6-7-18-8-9)19(15,16)11-5-3-4-10(11)12(14)17-2/h9-11H,3-8H2,1-2H3. The van der Waals surface area contributed by atoms with Crippen molar-refractivity contribution in [1.29, 1.82) is 0 Å². The third-order valence-corrected chi connectivity index (χ3v) is 6.59. The van der Waals surface area contributed by atoms with Crippen LogP contribution in [0.25, 0.3) is 0 Å². The molecule has 1 aliphatic carbocycles. The van der Waals surface area contributed by atoms with Gasteiger partial charge in [0.2, 0.25) is 10.0 Å². The molecular weight excluding hydrogens is 270 g/mol. The Labute approximate surface area is 114 Å². The van der Waals surface area contributed by atoms with Crippen LogP contribution >= 0.6 is 0 Å². The summed E-state index contributed by atoms with van der Waals surface area (Å²) in [5, 5.41) is -0.648. The number of nitrogens with zero attached hydrogens (tertiary/aromatic N) is 1. The molecule has 1 heterocycles. The lowest BCUT2D eigenvalue weighted by molar-refractivity contribution is -0.145. The first-order chi connectivity index (χ1) is 8.98. The Balaban J connectivity index is 2.15. The molecule has 1 aliphatic heterocycles. The molecule has 2 fully saturated rings. The molecule has 0 bridgehead atoms. The van der Waals surface area contributed by atoms with Crippen LogP contribution in [0.3, 0.4) is 0 Å². The number of rotatable bonds is 4. The van der Waals surface area contributed by atoms with Crippen molar-refractivity contribution in [3.8, 4) is 0 Å². The maximum Gasteiger partial charge on any atom is 0.310 e. The number of esters is 1. The molecule has 1 saturated carbocycles. The SMILES string of the molecule is COC(=O)C1CCCC1S(=O)(=O)N(C)C1CCOC1. The number of carbonyl (C=O) groups excluding carboxylic acids is 1. The molecule has 19 heavy (non-hydrogen) atoms. The first-order valence-electron chi connectivity index (χ1n) is 6.61. The van der Waals surface area contributed by atoms with Gasteiger partial charge >= 0.3 is 5.97 Å². The molecule has 0 aromatic heterocycles. The number of likely N-dealkylation sites (N-methyl/N-ethyl adjacent to an activating group) is 1. The van der Waals surface area contributed by atoms with E-state index in [0.717, 1.165) is 6.42 Å². The molecule has 0 spiro atoms. The Morgan fingerprint density at radius 1 is 1.32 bits per heavy atom. The summed E-state index contributed by atoms with van der Waals surface area (Å²) in [5.41, 5.74) is 0. The number of methoxy groups -OCH3 is 1. The Morgan fingerprint density at radius 2 is 2.05 bits per heavy atom. The molecule has 0 aromatic rings. The summed E-state index contributed by atoms with van der Waals surface area (Å²) in [6.07, 6.45) is 2.58. The zero-order chi connectivity index (χ0) is 14.0. The van der Waals surface area contributed by atoms with E-state index in [4.69, 9.17) is 9.47 Å². The molecule has 1 saturated heterocycles. The normalized spacial score (nSPS) is 31.8. The van der Waals surface area contributed by atoms with Gasteiger partial charge < -0.3 is 9.47 Å². The van der Waals surface area contributed by atoms with Gasteiger partial charge in [0.25, 0.3) is 0 Å². The predicted octanol–water partition coefficient (Wildman–Crippen LogP) is 0.379. The largest absolute Gasteiger partial charge is 0.469 e. The van der Waals surface area contributed by atoms with Gasteiger partial charge in [-0.25, -0.2) is 8.42 Å². The van der Waals surface area contributed by atoms with Crippen LogP contribution < -0.4 is 0 Å². The third-order valence-electron chi connectivity index (χ3n) is 4.16. The van der Waals surface area contributed by atoms with Crippen LogP contribution in [0.5, 0.6) is 0 Å². The van der Waals surface area contributed by atoms with Gasteiger partial charge in [0.1, 0.15) is 0 Å². The lowest BCUT2D eigenvalue weighted by Gasteiger charge is -2.28. The van der Waals surface area contributed by atoms with E-state index < -0.39 is 27.2 Å². The van der Waals surface area contributed by atoms with Gasteiger partial charge in [-0.2, -0.15) is 4.31 Å². The second-order valence-corrected chi connectivity index (χ2v) is 7.39. The quantitative estimate of drug-likeness (QED) is 0.700. The molecule has 6 nitrogen and oxygen atoms in total. The van der Waals surface area contributed by atoms with E-state index >= 15 is 0 Å². The first-order valence-corrected chi connectivity index (χ1v) is 8.11. The molecule has 3 unspecified atom stereocenters. The van der Waals surface area contributed by atoms with Crippen LogP contribution in [0.2, 0.25) is 0 Å². The van der Waals surface area contributed by atoms with E-state index in [9.17, 15) is 13.2 Å². The first kappa shape index (κ1) is 14.7. The van der Waals surface area contributed by atoms with E-state index in [1.807, 2.05) is 0 Å². The second-order valence-electron chi connectivity index (χ2n) is 5.18. The van der Waals surface area contributed by atoms with Gasteiger partial charge in [-0.1, -0.05) is 6.42 Å². The molecule has 0 aromatic carbocycles. The molecule has 3 atom stereocenters. The summed E-state index contributed by atoms with van der Waals surface area (Å²) in [6.45, 7) is 1.03. The van der Waals surface area contributed by atoms with Gasteiger partial charge in [-0.05, 0) is 19.3 Å². The number of hydrogen-bond donors (Lipinski definition) is 0. The van der Waals surface area contributed by atoms with Crippen molar-refractivity contribution in [1.82, 2.24) is 4.31 Å². The highest BCUT2D eigenvalue weighted by Crippen LogP contribution is 2.34. The summed E-state index contributed by atoms with van der Waals surface area (Å²) in [5.74, 6) is -0.943. The van der Waals surface area contributed by atoms with Crippen LogP contribution in [-0.2, 0) is 24.3 Å². The minimum atomic E-state index is -3.47. The number of ether oxygens (including phenoxy) is 2. The topological polar surface area (TPSA) is 72.9 Å². The Bertz CT molecular complexity index is 429.